The molecule has 1 aromatic rings. The summed E-state index contributed by atoms with van der Waals surface area (Å²) < 4.78 is 5.47. The highest BCUT2D eigenvalue weighted by Gasteiger charge is 2.47. The Kier molecular flexibility index (Phi) is 3.42. The molecule has 2 aliphatic heterocycles. The number of pyridine rings is 1. The maximum absolute atomic E-state index is 12.6. The molecule has 3 heterocycles. The quantitative estimate of drug-likeness (QED) is 0.829. The molecule has 0 aliphatic carbocycles. The minimum Gasteiger partial charge on any atom is -0.439 e. The second-order valence-corrected chi connectivity index (χ2v) is 6.12. The van der Waals surface area contributed by atoms with Crippen molar-refractivity contribution in [3.8, 4) is 0 Å². The number of H-pyrrole nitrogens is 1. The third-order valence-electron chi connectivity index (χ3n) is 4.25. The summed E-state index contributed by atoms with van der Waals surface area (Å²) in [4.78, 5) is 41.9. The summed E-state index contributed by atoms with van der Waals surface area (Å²) >= 11 is 0. The SMILES string of the molecule is Cc1ccc(C(=O)N2CCC[C@@]3(CN(C)C(=O)O3)C2)c(=O)[nH]1. The lowest BCUT2D eigenvalue weighted by atomic mass is 9.92. The molecule has 2 saturated heterocycles. The van der Waals surface area contributed by atoms with Crippen LogP contribution >= 0.6 is 0 Å². The van der Waals surface area contributed by atoms with E-state index in [1.165, 1.54) is 4.90 Å². The van der Waals surface area contributed by atoms with Gasteiger partial charge in [-0.25, -0.2) is 4.79 Å². The molecule has 1 atom stereocenters. The number of ether oxygens (including phenoxy) is 1. The van der Waals surface area contributed by atoms with Crippen LogP contribution in [0.5, 0.6) is 0 Å². The van der Waals surface area contributed by atoms with Crippen LogP contribution in [-0.2, 0) is 4.74 Å². The van der Waals surface area contributed by atoms with Gasteiger partial charge in [-0.05, 0) is 31.9 Å². The van der Waals surface area contributed by atoms with Gasteiger partial charge in [0.05, 0.1) is 13.1 Å². The van der Waals surface area contributed by atoms with Crippen molar-refractivity contribution in [3.63, 3.8) is 0 Å². The molecule has 1 spiro atoms. The molecule has 22 heavy (non-hydrogen) atoms. The molecular weight excluding hydrogens is 286 g/mol. The molecule has 7 nitrogen and oxygen atoms in total. The summed E-state index contributed by atoms with van der Waals surface area (Å²) in [7, 11) is 1.68. The van der Waals surface area contributed by atoms with E-state index in [1.807, 2.05) is 0 Å². The maximum Gasteiger partial charge on any atom is 0.410 e. The molecule has 0 bridgehead atoms. The zero-order chi connectivity index (χ0) is 15.9. The van der Waals surface area contributed by atoms with Gasteiger partial charge in [0.1, 0.15) is 11.2 Å². The lowest BCUT2D eigenvalue weighted by molar-refractivity contribution is -0.00527. The van der Waals surface area contributed by atoms with Crippen LogP contribution in [-0.4, -0.2) is 59.1 Å². The van der Waals surface area contributed by atoms with Crippen molar-refractivity contribution in [1.82, 2.24) is 14.8 Å². The Hall–Kier alpha value is -2.31. The number of nitrogens with zero attached hydrogens (tertiary/aromatic N) is 2. The largest absolute Gasteiger partial charge is 0.439 e. The Bertz CT molecular complexity index is 684. The van der Waals surface area contributed by atoms with Gasteiger partial charge < -0.3 is 19.5 Å². The van der Waals surface area contributed by atoms with E-state index < -0.39 is 5.60 Å². The van der Waals surface area contributed by atoms with Crippen molar-refractivity contribution < 1.29 is 14.3 Å². The van der Waals surface area contributed by atoms with Crippen molar-refractivity contribution in [3.05, 3.63) is 33.7 Å². The second-order valence-electron chi connectivity index (χ2n) is 6.12. The molecule has 1 N–H and O–H groups in total. The first-order valence-electron chi connectivity index (χ1n) is 7.34. The van der Waals surface area contributed by atoms with E-state index in [0.29, 0.717) is 25.3 Å². The number of aromatic amines is 1. The number of carbonyl (C=O) groups excluding carboxylic acids is 2. The van der Waals surface area contributed by atoms with Gasteiger partial charge in [-0.3, -0.25) is 9.59 Å². The fourth-order valence-corrected chi connectivity index (χ4v) is 3.19. The van der Waals surface area contributed by atoms with Gasteiger partial charge in [-0.15, -0.1) is 0 Å². The molecule has 3 rings (SSSR count). The van der Waals surface area contributed by atoms with Gasteiger partial charge in [-0.1, -0.05) is 0 Å². The topological polar surface area (TPSA) is 82.7 Å². The predicted octanol–water partition coefficient (Wildman–Crippen LogP) is 0.740. The number of hydrogen-bond donors (Lipinski definition) is 1. The summed E-state index contributed by atoms with van der Waals surface area (Å²) in [6, 6.07) is 3.25. The summed E-state index contributed by atoms with van der Waals surface area (Å²) in [5, 5.41) is 0. The number of rotatable bonds is 1. The van der Waals surface area contributed by atoms with E-state index >= 15 is 0 Å². The fourth-order valence-electron chi connectivity index (χ4n) is 3.19. The first-order chi connectivity index (χ1) is 10.4. The number of aryl methyl sites for hydroxylation is 1. The summed E-state index contributed by atoms with van der Waals surface area (Å²) in [6.45, 7) is 3.13. The van der Waals surface area contributed by atoms with E-state index in [0.717, 1.165) is 12.8 Å². The second kappa shape index (κ2) is 5.15. The Morgan fingerprint density at radius 1 is 1.32 bits per heavy atom. The van der Waals surface area contributed by atoms with Crippen LogP contribution in [0.1, 0.15) is 28.9 Å². The maximum atomic E-state index is 12.6. The molecule has 0 radical (unpaired) electrons. The Morgan fingerprint density at radius 2 is 2.09 bits per heavy atom. The average molecular weight is 305 g/mol. The molecule has 0 unspecified atom stereocenters. The molecule has 118 valence electrons. The van der Waals surface area contributed by atoms with Gasteiger partial charge in [0.15, 0.2) is 0 Å². The highest BCUT2D eigenvalue weighted by molar-refractivity contribution is 5.94. The minimum absolute atomic E-state index is 0.125. The van der Waals surface area contributed by atoms with E-state index in [2.05, 4.69) is 4.98 Å². The highest BCUT2D eigenvalue weighted by atomic mass is 16.6. The fraction of sp³-hybridized carbons (Fsp3) is 0.533. The number of amides is 2. The van der Waals surface area contributed by atoms with E-state index in [-0.39, 0.29) is 23.1 Å². The molecule has 2 fully saturated rings. The lowest BCUT2D eigenvalue weighted by Gasteiger charge is -2.38. The van der Waals surface area contributed by atoms with Crippen molar-refractivity contribution >= 4 is 12.0 Å². The van der Waals surface area contributed by atoms with Gasteiger partial charge in [-0.2, -0.15) is 0 Å². The molecule has 2 aliphatic rings. The van der Waals surface area contributed by atoms with Crippen molar-refractivity contribution in [2.75, 3.05) is 26.7 Å². The number of likely N-dealkylation sites (tertiary alicyclic amines) is 1. The first-order valence-corrected chi connectivity index (χ1v) is 7.34. The van der Waals surface area contributed by atoms with E-state index in [9.17, 15) is 14.4 Å². The first kappa shape index (κ1) is 14.6. The van der Waals surface area contributed by atoms with Crippen LogP contribution in [0.3, 0.4) is 0 Å². The van der Waals surface area contributed by atoms with Gasteiger partial charge >= 0.3 is 6.09 Å². The van der Waals surface area contributed by atoms with Crippen molar-refractivity contribution in [1.29, 1.82) is 0 Å². The summed E-state index contributed by atoms with van der Waals surface area (Å²) in [5.41, 5.74) is -0.189. The number of carbonyl (C=O) groups is 2. The predicted molar refractivity (Wildman–Crippen MR) is 78.8 cm³/mol. The Balaban J connectivity index is 1.82. The third-order valence-corrected chi connectivity index (χ3v) is 4.25. The summed E-state index contributed by atoms with van der Waals surface area (Å²) in [5.74, 6) is -0.314. The van der Waals surface area contributed by atoms with Crippen molar-refractivity contribution in [2.24, 2.45) is 0 Å². The number of aromatic nitrogens is 1. The molecule has 7 heteroatoms. The molecule has 0 aromatic carbocycles. The van der Waals surface area contributed by atoms with Gasteiger partial charge in [0.25, 0.3) is 11.5 Å². The molecule has 1 aromatic heterocycles. The summed E-state index contributed by atoms with van der Waals surface area (Å²) in [6.07, 6.45) is 1.12. The van der Waals surface area contributed by atoms with Gasteiger partial charge in [0.2, 0.25) is 0 Å². The van der Waals surface area contributed by atoms with Crippen LogP contribution in [0.25, 0.3) is 0 Å². The average Bonchev–Trinajstić information content (AvgIpc) is 2.72. The number of piperidine rings is 1. The number of nitrogens with one attached hydrogen (secondary N) is 1. The zero-order valence-electron chi connectivity index (χ0n) is 12.7. The highest BCUT2D eigenvalue weighted by Crippen LogP contribution is 2.31. The van der Waals surface area contributed by atoms with Crippen LogP contribution in [0, 0.1) is 6.92 Å². The van der Waals surface area contributed by atoms with Crippen LogP contribution in [0.4, 0.5) is 4.79 Å². The Morgan fingerprint density at radius 3 is 2.73 bits per heavy atom. The molecule has 2 amide bonds. The normalized spacial score (nSPS) is 24.7. The van der Waals surface area contributed by atoms with Crippen LogP contribution < -0.4 is 5.56 Å². The number of likely N-dealkylation sites (N-methyl/N-ethyl adjacent to an activating group) is 1. The lowest BCUT2D eigenvalue weighted by Crippen LogP contribution is -2.53. The molecular formula is C15H19N3O4. The third kappa shape index (κ3) is 2.47. The zero-order valence-corrected chi connectivity index (χ0v) is 12.7. The van der Waals surface area contributed by atoms with Crippen molar-refractivity contribution in [2.45, 2.75) is 25.4 Å². The Labute approximate surface area is 127 Å². The van der Waals surface area contributed by atoms with E-state index in [4.69, 9.17) is 4.74 Å². The smallest absolute Gasteiger partial charge is 0.410 e. The van der Waals surface area contributed by atoms with Crippen LogP contribution in [0.15, 0.2) is 16.9 Å². The monoisotopic (exact) mass is 305 g/mol. The number of hydrogen-bond acceptors (Lipinski definition) is 4. The standard InChI is InChI=1S/C15H19N3O4/c1-10-4-5-11(12(19)16-10)13(20)18-7-3-6-15(9-18)8-17(2)14(21)22-15/h4-5H,3,6-9H2,1-2H3,(H,16,19)/t15-/m1/s1. The molecule has 0 saturated carbocycles. The minimum atomic E-state index is -0.642. The van der Waals surface area contributed by atoms with Gasteiger partial charge in [0, 0.05) is 19.3 Å². The van der Waals surface area contributed by atoms with E-state index in [1.54, 1.807) is 31.0 Å². The van der Waals surface area contributed by atoms with Crippen LogP contribution in [0.2, 0.25) is 0 Å².